The summed E-state index contributed by atoms with van der Waals surface area (Å²) < 4.78 is 6.55. The first-order chi connectivity index (χ1) is 27.3. The standard InChI is InChI=1S/C52H34N2O/c1-2-14-40-39(13-1)43-17-5-9-21-47(43)53(48-22-10-6-18-44(40)48)37-29-25-35(26-30-37)51-33-34-52(55-51)36-27-31-38(32-28-36)54-49-23-11-7-19-45(49)41-15-3-4-16-42(41)46-20-8-12-24-50(46)54/h1-34H. The number of hydrogen-bond donors (Lipinski definition) is 0. The quantitative estimate of drug-likeness (QED) is 0.182. The molecule has 258 valence electrons. The second-order valence-corrected chi connectivity index (χ2v) is 14.1. The molecule has 0 radical (unpaired) electrons. The third-order valence-electron chi connectivity index (χ3n) is 11.0. The zero-order valence-corrected chi connectivity index (χ0v) is 29.9. The molecule has 0 bridgehead atoms. The van der Waals surface area contributed by atoms with Gasteiger partial charge in [-0.15, -0.1) is 0 Å². The van der Waals surface area contributed by atoms with Crippen molar-refractivity contribution in [2.45, 2.75) is 0 Å². The molecular formula is C52H34N2O. The number of rotatable bonds is 4. The van der Waals surface area contributed by atoms with Crippen molar-refractivity contribution in [2.24, 2.45) is 0 Å². The normalized spacial score (nSPS) is 12.3. The lowest BCUT2D eigenvalue weighted by molar-refractivity contribution is 0.597. The van der Waals surface area contributed by atoms with E-state index in [0.717, 1.165) is 56.8 Å². The molecule has 0 saturated heterocycles. The molecule has 55 heavy (non-hydrogen) atoms. The lowest BCUT2D eigenvalue weighted by Crippen LogP contribution is -2.10. The van der Waals surface area contributed by atoms with Crippen LogP contribution in [0.25, 0.3) is 67.2 Å². The summed E-state index contributed by atoms with van der Waals surface area (Å²) in [5.41, 5.74) is 18.7. The van der Waals surface area contributed by atoms with E-state index in [1.165, 1.54) is 44.5 Å². The van der Waals surface area contributed by atoms with Crippen LogP contribution in [0.4, 0.5) is 34.1 Å². The van der Waals surface area contributed by atoms with E-state index in [1.807, 2.05) is 0 Å². The monoisotopic (exact) mass is 702 g/mol. The van der Waals surface area contributed by atoms with Crippen LogP contribution in [0.1, 0.15) is 0 Å². The Kier molecular flexibility index (Phi) is 7.17. The van der Waals surface area contributed by atoms with Gasteiger partial charge in [0.25, 0.3) is 0 Å². The Labute approximate surface area is 320 Å². The van der Waals surface area contributed by atoms with E-state index in [4.69, 9.17) is 4.42 Å². The van der Waals surface area contributed by atoms with Gasteiger partial charge >= 0.3 is 0 Å². The maximum atomic E-state index is 6.55. The smallest absolute Gasteiger partial charge is 0.134 e. The highest BCUT2D eigenvalue weighted by Gasteiger charge is 2.27. The van der Waals surface area contributed by atoms with Gasteiger partial charge in [0.15, 0.2) is 0 Å². The fraction of sp³-hybridized carbons (Fsp3) is 0. The SMILES string of the molecule is c1ccc2c(c1)-c1ccccc1N(c1ccc(-c3ccc(-c4ccc(N5c6ccccc6-c6ccccc6-c6ccccc65)cc4)o3)cc1)c1ccccc1-2. The average Bonchev–Trinajstić information content (AvgIpc) is 3.67. The summed E-state index contributed by atoms with van der Waals surface area (Å²) in [6.07, 6.45) is 0. The van der Waals surface area contributed by atoms with E-state index >= 15 is 0 Å². The molecule has 3 heterocycles. The van der Waals surface area contributed by atoms with Gasteiger partial charge in [0, 0.05) is 44.8 Å². The lowest BCUT2D eigenvalue weighted by atomic mass is 9.95. The Morgan fingerprint density at radius 1 is 0.236 bits per heavy atom. The molecule has 2 aliphatic heterocycles. The predicted octanol–water partition coefficient (Wildman–Crippen LogP) is 14.8. The summed E-state index contributed by atoms with van der Waals surface area (Å²) in [5.74, 6) is 1.67. The molecule has 2 aliphatic rings. The second kappa shape index (κ2) is 12.6. The van der Waals surface area contributed by atoms with Crippen molar-refractivity contribution < 1.29 is 4.42 Å². The number of fused-ring (bicyclic) bond motifs is 10. The zero-order valence-electron chi connectivity index (χ0n) is 29.9. The third kappa shape index (κ3) is 5.05. The lowest BCUT2D eigenvalue weighted by Gasteiger charge is -2.27. The highest BCUT2D eigenvalue weighted by Crippen LogP contribution is 2.52. The first-order valence-electron chi connectivity index (χ1n) is 18.8. The fourth-order valence-electron chi connectivity index (χ4n) is 8.50. The van der Waals surface area contributed by atoms with Crippen LogP contribution in [0.15, 0.2) is 211 Å². The zero-order chi connectivity index (χ0) is 36.3. The number of para-hydroxylation sites is 4. The van der Waals surface area contributed by atoms with Crippen molar-refractivity contribution in [1.82, 2.24) is 0 Å². The summed E-state index contributed by atoms with van der Waals surface area (Å²) in [5, 5.41) is 0. The first-order valence-corrected chi connectivity index (χ1v) is 18.8. The van der Waals surface area contributed by atoms with Gasteiger partial charge in [-0.25, -0.2) is 0 Å². The molecule has 0 saturated carbocycles. The molecule has 1 aromatic heterocycles. The van der Waals surface area contributed by atoms with Gasteiger partial charge in [-0.1, -0.05) is 121 Å². The van der Waals surface area contributed by atoms with Crippen molar-refractivity contribution >= 4 is 34.1 Å². The van der Waals surface area contributed by atoms with Crippen LogP contribution in [0.2, 0.25) is 0 Å². The van der Waals surface area contributed by atoms with E-state index in [-0.39, 0.29) is 0 Å². The Balaban J connectivity index is 0.921. The van der Waals surface area contributed by atoms with Crippen LogP contribution in [0.5, 0.6) is 0 Å². The molecule has 0 aliphatic carbocycles. The van der Waals surface area contributed by atoms with Crippen molar-refractivity contribution in [3.63, 3.8) is 0 Å². The molecule has 3 heteroatoms. The molecule has 0 amide bonds. The van der Waals surface area contributed by atoms with Crippen molar-refractivity contribution in [1.29, 1.82) is 0 Å². The van der Waals surface area contributed by atoms with Crippen LogP contribution in [0, 0.1) is 0 Å². The van der Waals surface area contributed by atoms with Gasteiger partial charge in [-0.05, 0) is 107 Å². The minimum atomic E-state index is 0.836. The highest BCUT2D eigenvalue weighted by atomic mass is 16.3. The minimum absolute atomic E-state index is 0.836. The van der Waals surface area contributed by atoms with Gasteiger partial charge in [-0.2, -0.15) is 0 Å². The molecule has 8 aromatic carbocycles. The van der Waals surface area contributed by atoms with Crippen LogP contribution in [-0.4, -0.2) is 0 Å². The van der Waals surface area contributed by atoms with Crippen LogP contribution < -0.4 is 9.80 Å². The Morgan fingerprint density at radius 3 is 0.782 bits per heavy atom. The molecule has 0 fully saturated rings. The molecule has 11 rings (SSSR count). The van der Waals surface area contributed by atoms with Crippen molar-refractivity contribution in [2.75, 3.05) is 9.80 Å². The maximum absolute atomic E-state index is 6.55. The minimum Gasteiger partial charge on any atom is -0.456 e. The summed E-state index contributed by atoms with van der Waals surface area (Å²) >= 11 is 0. The van der Waals surface area contributed by atoms with E-state index < -0.39 is 0 Å². The van der Waals surface area contributed by atoms with Crippen LogP contribution in [-0.2, 0) is 0 Å². The predicted molar refractivity (Wildman–Crippen MR) is 228 cm³/mol. The molecule has 0 spiro atoms. The van der Waals surface area contributed by atoms with Gasteiger partial charge in [0.2, 0.25) is 0 Å². The second-order valence-electron chi connectivity index (χ2n) is 14.1. The van der Waals surface area contributed by atoms with Gasteiger partial charge < -0.3 is 14.2 Å². The van der Waals surface area contributed by atoms with E-state index in [2.05, 4.69) is 216 Å². The molecule has 0 unspecified atom stereocenters. The summed E-state index contributed by atoms with van der Waals surface area (Å²) in [7, 11) is 0. The summed E-state index contributed by atoms with van der Waals surface area (Å²) in [6.45, 7) is 0. The van der Waals surface area contributed by atoms with Gasteiger partial charge in [-0.3, -0.25) is 0 Å². The van der Waals surface area contributed by atoms with E-state index in [0.29, 0.717) is 0 Å². The number of nitrogens with zero attached hydrogens (tertiary/aromatic N) is 2. The molecule has 0 N–H and O–H groups in total. The Bertz CT molecular complexity index is 2550. The molecular weight excluding hydrogens is 669 g/mol. The highest BCUT2D eigenvalue weighted by molar-refractivity contribution is 6.03. The van der Waals surface area contributed by atoms with Gasteiger partial charge in [0.05, 0.1) is 22.7 Å². The van der Waals surface area contributed by atoms with Crippen molar-refractivity contribution in [3.8, 4) is 67.2 Å². The van der Waals surface area contributed by atoms with Crippen LogP contribution in [0.3, 0.4) is 0 Å². The maximum Gasteiger partial charge on any atom is 0.134 e. The third-order valence-corrected chi connectivity index (χ3v) is 11.0. The van der Waals surface area contributed by atoms with Gasteiger partial charge in [0.1, 0.15) is 11.5 Å². The summed E-state index contributed by atoms with van der Waals surface area (Å²) in [6, 6.07) is 73.8. The fourth-order valence-corrected chi connectivity index (χ4v) is 8.50. The first kappa shape index (κ1) is 31.2. The number of anilines is 6. The number of benzene rings is 8. The molecule has 0 atom stereocenters. The van der Waals surface area contributed by atoms with Crippen molar-refractivity contribution in [3.05, 3.63) is 206 Å². The van der Waals surface area contributed by atoms with E-state index in [9.17, 15) is 0 Å². The topological polar surface area (TPSA) is 19.6 Å². The summed E-state index contributed by atoms with van der Waals surface area (Å²) in [4.78, 5) is 4.76. The largest absolute Gasteiger partial charge is 0.456 e. The van der Waals surface area contributed by atoms with Crippen LogP contribution >= 0.6 is 0 Å². The average molecular weight is 703 g/mol. The number of hydrogen-bond acceptors (Lipinski definition) is 3. The van der Waals surface area contributed by atoms with E-state index in [1.54, 1.807) is 0 Å². The molecule has 9 aromatic rings. The molecule has 3 nitrogen and oxygen atoms in total. The Morgan fingerprint density at radius 2 is 0.491 bits per heavy atom. The number of furan rings is 1. The Hall–Kier alpha value is -7.36.